The first-order valence-electron chi connectivity index (χ1n) is 4.02. The lowest BCUT2D eigenvalue weighted by Gasteiger charge is -2.17. The monoisotopic (exact) mass is 182 g/mol. The van der Waals surface area contributed by atoms with Gasteiger partial charge in [-0.1, -0.05) is 0 Å². The molecule has 1 rings (SSSR count). The van der Waals surface area contributed by atoms with Gasteiger partial charge in [0, 0.05) is 31.5 Å². The van der Waals surface area contributed by atoms with Crippen molar-refractivity contribution in [1.82, 2.24) is 4.98 Å². The molecule has 0 fully saturated rings. The van der Waals surface area contributed by atoms with Gasteiger partial charge in [-0.2, -0.15) is 0 Å². The molecule has 0 aliphatic heterocycles. The SMILES string of the molecule is CN(CCO)c1ccnc(NN)c1. The van der Waals surface area contributed by atoms with Gasteiger partial charge >= 0.3 is 0 Å². The van der Waals surface area contributed by atoms with Gasteiger partial charge < -0.3 is 15.4 Å². The van der Waals surface area contributed by atoms with Gasteiger partial charge in [0.15, 0.2) is 0 Å². The third-order valence-electron chi connectivity index (χ3n) is 1.77. The molecule has 1 heterocycles. The summed E-state index contributed by atoms with van der Waals surface area (Å²) in [4.78, 5) is 5.89. The molecule has 0 amide bonds. The second-order valence-electron chi connectivity index (χ2n) is 2.69. The molecule has 72 valence electrons. The van der Waals surface area contributed by atoms with Crippen LogP contribution >= 0.6 is 0 Å². The van der Waals surface area contributed by atoms with E-state index in [1.807, 2.05) is 24.1 Å². The van der Waals surface area contributed by atoms with E-state index in [9.17, 15) is 0 Å². The van der Waals surface area contributed by atoms with Gasteiger partial charge in [0.1, 0.15) is 5.82 Å². The van der Waals surface area contributed by atoms with E-state index in [2.05, 4.69) is 10.4 Å². The molecule has 0 saturated heterocycles. The zero-order valence-electron chi connectivity index (χ0n) is 7.57. The first-order valence-corrected chi connectivity index (χ1v) is 4.02. The van der Waals surface area contributed by atoms with Crippen LogP contribution in [0.5, 0.6) is 0 Å². The van der Waals surface area contributed by atoms with Gasteiger partial charge in [0.2, 0.25) is 0 Å². The highest BCUT2D eigenvalue weighted by atomic mass is 16.3. The minimum atomic E-state index is 0.129. The molecule has 0 bridgehead atoms. The zero-order chi connectivity index (χ0) is 9.68. The van der Waals surface area contributed by atoms with E-state index < -0.39 is 0 Å². The molecule has 0 aliphatic carbocycles. The lowest BCUT2D eigenvalue weighted by Crippen LogP contribution is -2.21. The molecule has 0 spiro atoms. The molecule has 4 N–H and O–H groups in total. The number of anilines is 2. The molecule has 5 heteroatoms. The van der Waals surface area contributed by atoms with E-state index in [-0.39, 0.29) is 6.61 Å². The van der Waals surface area contributed by atoms with E-state index in [0.717, 1.165) is 5.69 Å². The number of aliphatic hydroxyl groups excluding tert-OH is 1. The molecule has 1 aromatic heterocycles. The Labute approximate surface area is 77.2 Å². The van der Waals surface area contributed by atoms with Gasteiger partial charge in [0.05, 0.1) is 6.61 Å². The van der Waals surface area contributed by atoms with Gasteiger partial charge in [-0.15, -0.1) is 0 Å². The highest BCUT2D eigenvalue weighted by Gasteiger charge is 2.00. The summed E-state index contributed by atoms with van der Waals surface area (Å²) in [6, 6.07) is 3.67. The Bertz CT molecular complexity index is 266. The van der Waals surface area contributed by atoms with Crippen LogP contribution in [0.3, 0.4) is 0 Å². The van der Waals surface area contributed by atoms with Crippen LogP contribution in [0.25, 0.3) is 0 Å². The molecule has 5 nitrogen and oxygen atoms in total. The van der Waals surface area contributed by atoms with Gasteiger partial charge in [-0.05, 0) is 6.07 Å². The maximum atomic E-state index is 8.73. The van der Waals surface area contributed by atoms with Crippen LogP contribution in [-0.4, -0.2) is 30.3 Å². The molecule has 0 aliphatic rings. The summed E-state index contributed by atoms with van der Waals surface area (Å²) in [6.07, 6.45) is 1.67. The fourth-order valence-corrected chi connectivity index (χ4v) is 1.01. The number of pyridine rings is 1. The number of nitrogen functional groups attached to an aromatic ring is 1. The smallest absolute Gasteiger partial charge is 0.141 e. The first kappa shape index (κ1) is 9.76. The van der Waals surface area contributed by atoms with Crippen molar-refractivity contribution in [2.45, 2.75) is 0 Å². The average molecular weight is 182 g/mol. The second kappa shape index (κ2) is 4.64. The molecular weight excluding hydrogens is 168 g/mol. The number of hydrazine groups is 1. The van der Waals surface area contributed by atoms with Crippen molar-refractivity contribution in [2.24, 2.45) is 5.84 Å². The number of aromatic nitrogens is 1. The number of hydrogen-bond acceptors (Lipinski definition) is 5. The Kier molecular flexibility index (Phi) is 3.48. The van der Waals surface area contributed by atoms with Crippen LogP contribution in [0.1, 0.15) is 0 Å². The van der Waals surface area contributed by atoms with Crippen molar-refractivity contribution in [3.05, 3.63) is 18.3 Å². The first-order chi connectivity index (χ1) is 6.27. The van der Waals surface area contributed by atoms with Crippen molar-refractivity contribution in [2.75, 3.05) is 30.5 Å². The minimum Gasteiger partial charge on any atom is -0.395 e. The molecule has 0 saturated carbocycles. The number of hydrogen-bond donors (Lipinski definition) is 3. The highest BCUT2D eigenvalue weighted by molar-refractivity contribution is 5.52. The second-order valence-corrected chi connectivity index (χ2v) is 2.69. The third-order valence-corrected chi connectivity index (χ3v) is 1.77. The summed E-state index contributed by atoms with van der Waals surface area (Å²) in [6.45, 7) is 0.720. The Morgan fingerprint density at radius 3 is 3.08 bits per heavy atom. The summed E-state index contributed by atoms with van der Waals surface area (Å²) in [7, 11) is 1.89. The molecule has 0 radical (unpaired) electrons. The van der Waals surface area contributed by atoms with E-state index in [1.165, 1.54) is 0 Å². The van der Waals surface area contributed by atoms with Crippen molar-refractivity contribution in [1.29, 1.82) is 0 Å². The summed E-state index contributed by atoms with van der Waals surface area (Å²) >= 11 is 0. The van der Waals surface area contributed by atoms with E-state index in [0.29, 0.717) is 12.4 Å². The van der Waals surface area contributed by atoms with Crippen LogP contribution in [0, 0.1) is 0 Å². The number of nitrogens with two attached hydrogens (primary N) is 1. The lowest BCUT2D eigenvalue weighted by molar-refractivity contribution is 0.304. The number of likely N-dealkylation sites (N-methyl/N-ethyl adjacent to an activating group) is 1. The van der Waals surface area contributed by atoms with Crippen LogP contribution in [0.4, 0.5) is 11.5 Å². The average Bonchev–Trinajstić information content (AvgIpc) is 2.18. The largest absolute Gasteiger partial charge is 0.395 e. The van der Waals surface area contributed by atoms with Crippen molar-refractivity contribution < 1.29 is 5.11 Å². The van der Waals surface area contributed by atoms with Crippen molar-refractivity contribution >= 4 is 11.5 Å². The van der Waals surface area contributed by atoms with Crippen molar-refractivity contribution in [3.63, 3.8) is 0 Å². The normalized spacial score (nSPS) is 9.77. The minimum absolute atomic E-state index is 0.129. The highest BCUT2D eigenvalue weighted by Crippen LogP contribution is 2.14. The zero-order valence-corrected chi connectivity index (χ0v) is 7.57. The predicted octanol–water partition coefficient (Wildman–Crippen LogP) is -0.204. The van der Waals surface area contributed by atoms with Crippen molar-refractivity contribution in [3.8, 4) is 0 Å². The quantitative estimate of drug-likeness (QED) is 0.444. The number of nitrogens with zero attached hydrogens (tertiary/aromatic N) is 2. The van der Waals surface area contributed by atoms with Gasteiger partial charge in [-0.25, -0.2) is 10.8 Å². The molecule has 1 aromatic rings. The van der Waals surface area contributed by atoms with Crippen LogP contribution in [0.15, 0.2) is 18.3 Å². The summed E-state index contributed by atoms with van der Waals surface area (Å²) in [5.41, 5.74) is 3.43. The Balaban J connectivity index is 2.75. The molecule has 0 atom stereocenters. The lowest BCUT2D eigenvalue weighted by atomic mass is 10.3. The topological polar surface area (TPSA) is 74.4 Å². The Morgan fingerprint density at radius 1 is 1.69 bits per heavy atom. The molecule has 0 unspecified atom stereocenters. The Hall–Kier alpha value is -1.33. The maximum absolute atomic E-state index is 8.73. The Morgan fingerprint density at radius 2 is 2.46 bits per heavy atom. The number of rotatable bonds is 4. The van der Waals surface area contributed by atoms with Gasteiger partial charge in [0.25, 0.3) is 0 Å². The van der Waals surface area contributed by atoms with Crippen LogP contribution < -0.4 is 16.2 Å². The fraction of sp³-hybridized carbons (Fsp3) is 0.375. The third kappa shape index (κ3) is 2.57. The standard InChI is InChI=1S/C8H14N4O/c1-12(4-5-13)7-2-3-10-8(6-7)11-9/h2-3,6,13H,4-5,9H2,1H3,(H,10,11). The van der Waals surface area contributed by atoms with E-state index in [4.69, 9.17) is 10.9 Å². The predicted molar refractivity (Wildman–Crippen MR) is 52.4 cm³/mol. The fourth-order valence-electron chi connectivity index (χ4n) is 1.01. The molecule has 13 heavy (non-hydrogen) atoms. The van der Waals surface area contributed by atoms with E-state index in [1.54, 1.807) is 6.20 Å². The number of nitrogens with one attached hydrogen (secondary N) is 1. The summed E-state index contributed by atoms with van der Waals surface area (Å²) in [5.74, 6) is 5.83. The van der Waals surface area contributed by atoms with Crippen LogP contribution in [0.2, 0.25) is 0 Å². The molecule has 0 aromatic carbocycles. The number of aliphatic hydroxyl groups is 1. The van der Waals surface area contributed by atoms with Crippen LogP contribution in [-0.2, 0) is 0 Å². The van der Waals surface area contributed by atoms with Gasteiger partial charge in [-0.3, -0.25) is 0 Å². The summed E-state index contributed by atoms with van der Waals surface area (Å²) in [5, 5.41) is 8.73. The van der Waals surface area contributed by atoms with E-state index >= 15 is 0 Å². The summed E-state index contributed by atoms with van der Waals surface area (Å²) < 4.78 is 0. The molecular formula is C8H14N4O. The maximum Gasteiger partial charge on any atom is 0.141 e.